The number of carbonyl (C=O) groups is 1. The van der Waals surface area contributed by atoms with Crippen LogP contribution in [0, 0.1) is 0 Å². The summed E-state index contributed by atoms with van der Waals surface area (Å²) in [7, 11) is 3.62. The maximum atomic E-state index is 11.5. The van der Waals surface area contributed by atoms with Crippen molar-refractivity contribution in [2.75, 3.05) is 27.2 Å². The molecule has 3 heteroatoms. The van der Waals surface area contributed by atoms with E-state index in [4.69, 9.17) is 0 Å². The van der Waals surface area contributed by atoms with Crippen LogP contribution >= 0.6 is 0 Å². The predicted molar refractivity (Wildman–Crippen MR) is 64.9 cm³/mol. The van der Waals surface area contributed by atoms with Crippen molar-refractivity contribution in [3.8, 4) is 0 Å². The van der Waals surface area contributed by atoms with Crippen molar-refractivity contribution in [1.29, 1.82) is 0 Å². The Balaban J connectivity index is 4.19. The summed E-state index contributed by atoms with van der Waals surface area (Å²) >= 11 is 0. The van der Waals surface area contributed by atoms with Crippen LogP contribution in [0.5, 0.6) is 0 Å². The second kappa shape index (κ2) is 6.11. The maximum absolute atomic E-state index is 11.5. The van der Waals surface area contributed by atoms with Crippen LogP contribution in [0.15, 0.2) is 0 Å². The van der Waals surface area contributed by atoms with Gasteiger partial charge < -0.3 is 4.90 Å². The Morgan fingerprint density at radius 2 is 1.60 bits per heavy atom. The van der Waals surface area contributed by atoms with Crippen molar-refractivity contribution in [3.63, 3.8) is 0 Å². The smallest absolute Gasteiger partial charge is 0.222 e. The van der Waals surface area contributed by atoms with E-state index in [-0.39, 0.29) is 11.4 Å². The van der Waals surface area contributed by atoms with Crippen LogP contribution in [0.1, 0.15) is 40.5 Å². The highest BCUT2D eigenvalue weighted by Gasteiger charge is 2.25. The summed E-state index contributed by atoms with van der Waals surface area (Å²) in [6.45, 7) is 10.8. The Hall–Kier alpha value is -0.570. The number of rotatable bonds is 6. The Kier molecular flexibility index (Phi) is 5.88. The third kappa shape index (κ3) is 4.65. The molecule has 3 nitrogen and oxygen atoms in total. The van der Waals surface area contributed by atoms with Gasteiger partial charge >= 0.3 is 0 Å². The number of hydrogen-bond acceptors (Lipinski definition) is 2. The summed E-state index contributed by atoms with van der Waals surface area (Å²) in [5.41, 5.74) is 0.120. The van der Waals surface area contributed by atoms with Gasteiger partial charge in [-0.25, -0.2) is 0 Å². The zero-order valence-corrected chi connectivity index (χ0v) is 11.1. The van der Waals surface area contributed by atoms with Gasteiger partial charge in [-0.1, -0.05) is 13.8 Å². The molecule has 0 saturated carbocycles. The van der Waals surface area contributed by atoms with E-state index >= 15 is 0 Å². The van der Waals surface area contributed by atoms with Gasteiger partial charge in [0.1, 0.15) is 0 Å². The van der Waals surface area contributed by atoms with E-state index in [9.17, 15) is 4.79 Å². The lowest BCUT2D eigenvalue weighted by molar-refractivity contribution is -0.129. The Morgan fingerprint density at radius 1 is 1.13 bits per heavy atom. The zero-order valence-electron chi connectivity index (χ0n) is 11.1. The molecule has 0 saturated heterocycles. The van der Waals surface area contributed by atoms with Crippen LogP contribution in [-0.4, -0.2) is 48.4 Å². The van der Waals surface area contributed by atoms with E-state index in [2.05, 4.69) is 32.6 Å². The molecule has 15 heavy (non-hydrogen) atoms. The van der Waals surface area contributed by atoms with Crippen LogP contribution in [0.2, 0.25) is 0 Å². The van der Waals surface area contributed by atoms with E-state index in [1.54, 1.807) is 4.90 Å². The first kappa shape index (κ1) is 14.4. The van der Waals surface area contributed by atoms with Gasteiger partial charge in [0, 0.05) is 26.1 Å². The normalized spacial score (nSPS) is 11.9. The Morgan fingerprint density at radius 3 is 1.93 bits per heavy atom. The molecule has 0 aliphatic rings. The van der Waals surface area contributed by atoms with Crippen molar-refractivity contribution in [3.05, 3.63) is 0 Å². The second-order valence-corrected chi connectivity index (χ2v) is 4.77. The van der Waals surface area contributed by atoms with E-state index < -0.39 is 0 Å². The average molecular weight is 214 g/mol. The molecule has 0 unspecified atom stereocenters. The first-order valence-electron chi connectivity index (χ1n) is 5.80. The summed E-state index contributed by atoms with van der Waals surface area (Å²) in [6.07, 6.45) is 1.56. The summed E-state index contributed by atoms with van der Waals surface area (Å²) in [5.74, 6) is 0.218. The standard InChI is InChI=1S/C12H26N2O/c1-7-14(8-2)12(3,4)10-9-11(15)13(5)6/h7-10H2,1-6H3. The van der Waals surface area contributed by atoms with Crippen LogP contribution in [0.3, 0.4) is 0 Å². The molecule has 0 N–H and O–H groups in total. The second-order valence-electron chi connectivity index (χ2n) is 4.77. The van der Waals surface area contributed by atoms with Crippen molar-refractivity contribution in [2.45, 2.75) is 46.1 Å². The molecule has 0 aliphatic heterocycles. The molecule has 0 radical (unpaired) electrons. The lowest BCUT2D eigenvalue weighted by atomic mass is 9.95. The molecule has 0 bridgehead atoms. The fraction of sp³-hybridized carbons (Fsp3) is 0.917. The Labute approximate surface area is 94.4 Å². The first-order chi connectivity index (χ1) is 6.85. The molecule has 0 aromatic rings. The van der Waals surface area contributed by atoms with Gasteiger partial charge in [-0.2, -0.15) is 0 Å². The lowest BCUT2D eigenvalue weighted by Crippen LogP contribution is -2.44. The first-order valence-corrected chi connectivity index (χ1v) is 5.80. The fourth-order valence-corrected chi connectivity index (χ4v) is 1.87. The topological polar surface area (TPSA) is 23.6 Å². The molecule has 0 aromatic heterocycles. The number of nitrogens with zero attached hydrogens (tertiary/aromatic N) is 2. The Bertz CT molecular complexity index is 196. The highest BCUT2D eigenvalue weighted by atomic mass is 16.2. The quantitative estimate of drug-likeness (QED) is 0.675. The number of hydrogen-bond donors (Lipinski definition) is 0. The van der Waals surface area contributed by atoms with Gasteiger partial charge in [-0.15, -0.1) is 0 Å². The van der Waals surface area contributed by atoms with Crippen molar-refractivity contribution in [2.24, 2.45) is 0 Å². The van der Waals surface area contributed by atoms with Gasteiger partial charge in [0.25, 0.3) is 0 Å². The molecule has 90 valence electrons. The molecule has 0 atom stereocenters. The van der Waals surface area contributed by atoms with Crippen molar-refractivity contribution in [1.82, 2.24) is 9.80 Å². The van der Waals surface area contributed by atoms with Crippen LogP contribution in [0.4, 0.5) is 0 Å². The minimum absolute atomic E-state index is 0.120. The lowest BCUT2D eigenvalue weighted by Gasteiger charge is -2.37. The average Bonchev–Trinajstić information content (AvgIpc) is 2.15. The van der Waals surface area contributed by atoms with Crippen molar-refractivity contribution < 1.29 is 4.79 Å². The molecule has 0 aromatic carbocycles. The van der Waals surface area contributed by atoms with Crippen LogP contribution in [-0.2, 0) is 4.79 Å². The third-order valence-corrected chi connectivity index (χ3v) is 3.07. The maximum Gasteiger partial charge on any atom is 0.222 e. The fourth-order valence-electron chi connectivity index (χ4n) is 1.87. The third-order valence-electron chi connectivity index (χ3n) is 3.07. The molecule has 1 amide bonds. The SMILES string of the molecule is CCN(CC)C(C)(C)CCC(=O)N(C)C. The monoisotopic (exact) mass is 214 g/mol. The summed E-state index contributed by atoms with van der Waals surface area (Å²) < 4.78 is 0. The van der Waals surface area contributed by atoms with Gasteiger partial charge in [-0.3, -0.25) is 9.69 Å². The zero-order chi connectivity index (χ0) is 12.1. The van der Waals surface area contributed by atoms with Gasteiger partial charge in [-0.05, 0) is 33.4 Å². The highest BCUT2D eigenvalue weighted by molar-refractivity contribution is 5.75. The van der Waals surface area contributed by atoms with Crippen molar-refractivity contribution >= 4 is 5.91 Å². The van der Waals surface area contributed by atoms with Crippen LogP contribution in [0.25, 0.3) is 0 Å². The van der Waals surface area contributed by atoms with Gasteiger partial charge in [0.2, 0.25) is 5.91 Å². The molecule has 0 heterocycles. The highest BCUT2D eigenvalue weighted by Crippen LogP contribution is 2.20. The summed E-state index contributed by atoms with van der Waals surface area (Å²) in [4.78, 5) is 15.6. The minimum Gasteiger partial charge on any atom is -0.349 e. The van der Waals surface area contributed by atoms with Crippen LogP contribution < -0.4 is 0 Å². The van der Waals surface area contributed by atoms with Gasteiger partial charge in [0.15, 0.2) is 0 Å². The van der Waals surface area contributed by atoms with Gasteiger partial charge in [0.05, 0.1) is 0 Å². The predicted octanol–water partition coefficient (Wildman–Crippen LogP) is 1.98. The van der Waals surface area contributed by atoms with E-state index in [1.165, 1.54) is 0 Å². The number of carbonyl (C=O) groups excluding carboxylic acids is 1. The van der Waals surface area contributed by atoms with E-state index in [0.29, 0.717) is 6.42 Å². The van der Waals surface area contributed by atoms with E-state index in [0.717, 1.165) is 19.5 Å². The minimum atomic E-state index is 0.120. The molecule has 0 rings (SSSR count). The van der Waals surface area contributed by atoms with E-state index in [1.807, 2.05) is 14.1 Å². The molecule has 0 fully saturated rings. The molecular weight excluding hydrogens is 188 g/mol. The summed E-state index contributed by atoms with van der Waals surface area (Å²) in [5, 5.41) is 0. The largest absolute Gasteiger partial charge is 0.349 e. The molecule has 0 aliphatic carbocycles. The summed E-state index contributed by atoms with van der Waals surface area (Å²) in [6, 6.07) is 0. The molecule has 0 spiro atoms. The molecular formula is C12H26N2O. The number of amides is 1.